The van der Waals surface area contributed by atoms with Crippen LogP contribution in [-0.4, -0.2) is 31.9 Å². The molecule has 1 rings (SSSR count). The maximum atomic E-state index is 5.51. The molecule has 1 N–H and O–H groups in total. The molecule has 0 saturated heterocycles. The minimum absolute atomic E-state index is 0.785. The Hall–Kier alpha value is -1.29. The number of hydrogen-bond donors (Lipinski definition) is 1. The second-order valence-corrected chi connectivity index (χ2v) is 4.27. The van der Waals surface area contributed by atoms with Crippen LogP contribution in [-0.2, 0) is 4.74 Å². The van der Waals surface area contributed by atoms with Gasteiger partial charge in [0.15, 0.2) is 5.75 Å². The Balaban J connectivity index is 2.24. The molecule has 18 heavy (non-hydrogen) atoms. The molecule has 0 amide bonds. The first-order valence-corrected chi connectivity index (χ1v) is 6.60. The third-order valence-electron chi connectivity index (χ3n) is 2.65. The molecule has 4 nitrogen and oxygen atoms in total. The number of unbranched alkanes of at least 4 members (excludes halogenated alkanes) is 1. The van der Waals surface area contributed by atoms with Crippen LogP contribution in [0.25, 0.3) is 0 Å². The van der Waals surface area contributed by atoms with E-state index in [1.807, 2.05) is 13.0 Å². The smallest absolute Gasteiger partial charge is 0.160 e. The number of nitrogens with zero attached hydrogens (tertiary/aromatic N) is 1. The molecule has 102 valence electrons. The molecule has 1 aromatic heterocycles. The summed E-state index contributed by atoms with van der Waals surface area (Å²) in [6.07, 6.45) is 5.07. The van der Waals surface area contributed by atoms with Gasteiger partial charge < -0.3 is 14.8 Å². The van der Waals surface area contributed by atoms with Gasteiger partial charge in [0.2, 0.25) is 0 Å². The quantitative estimate of drug-likeness (QED) is 0.686. The summed E-state index contributed by atoms with van der Waals surface area (Å²) in [4.78, 5) is 4.20. The number of pyridine rings is 1. The number of aromatic nitrogens is 1. The van der Waals surface area contributed by atoms with Gasteiger partial charge in [-0.3, -0.25) is 4.98 Å². The van der Waals surface area contributed by atoms with E-state index in [9.17, 15) is 0 Å². The fourth-order valence-electron chi connectivity index (χ4n) is 1.59. The van der Waals surface area contributed by atoms with Crippen molar-refractivity contribution in [1.82, 2.24) is 4.98 Å². The number of anilines is 1. The van der Waals surface area contributed by atoms with Gasteiger partial charge in [0.1, 0.15) is 0 Å². The van der Waals surface area contributed by atoms with Crippen LogP contribution < -0.4 is 10.1 Å². The lowest BCUT2D eigenvalue weighted by molar-refractivity contribution is 0.131. The summed E-state index contributed by atoms with van der Waals surface area (Å²) in [7, 11) is 1.66. The van der Waals surface area contributed by atoms with E-state index in [1.54, 1.807) is 13.3 Å². The van der Waals surface area contributed by atoms with E-state index >= 15 is 0 Å². The Labute approximate surface area is 110 Å². The van der Waals surface area contributed by atoms with Crippen LogP contribution in [0.15, 0.2) is 12.3 Å². The fourth-order valence-corrected chi connectivity index (χ4v) is 1.59. The highest BCUT2D eigenvalue weighted by Gasteiger charge is 2.02. The lowest BCUT2D eigenvalue weighted by Crippen LogP contribution is -2.07. The maximum absolute atomic E-state index is 5.51. The lowest BCUT2D eigenvalue weighted by Gasteiger charge is -2.11. The first kappa shape index (κ1) is 14.8. The van der Waals surface area contributed by atoms with Gasteiger partial charge >= 0.3 is 0 Å². The molecule has 1 aromatic rings. The summed E-state index contributed by atoms with van der Waals surface area (Å²) in [6.45, 7) is 6.70. The topological polar surface area (TPSA) is 43.4 Å². The Bertz CT molecular complexity index is 343. The number of rotatable bonds is 9. The normalized spacial score (nSPS) is 10.4. The molecule has 4 heteroatoms. The highest BCUT2D eigenvalue weighted by Crippen LogP contribution is 2.23. The van der Waals surface area contributed by atoms with Crippen LogP contribution in [0.1, 0.15) is 31.9 Å². The number of ether oxygens (including phenoxy) is 2. The van der Waals surface area contributed by atoms with Crippen LogP contribution >= 0.6 is 0 Å². The SMILES string of the molecule is CCCCOCCCNc1cc(C)ncc1OC. The highest BCUT2D eigenvalue weighted by molar-refractivity contribution is 5.55. The highest BCUT2D eigenvalue weighted by atomic mass is 16.5. The molecule has 0 saturated carbocycles. The van der Waals surface area contributed by atoms with Crippen molar-refractivity contribution in [1.29, 1.82) is 0 Å². The maximum Gasteiger partial charge on any atom is 0.160 e. The van der Waals surface area contributed by atoms with Gasteiger partial charge in [-0.2, -0.15) is 0 Å². The van der Waals surface area contributed by atoms with Crippen molar-refractivity contribution >= 4 is 5.69 Å². The third kappa shape index (κ3) is 5.36. The summed E-state index contributed by atoms with van der Waals surface area (Å²) in [5.74, 6) is 0.785. The van der Waals surface area contributed by atoms with E-state index in [0.717, 1.165) is 49.7 Å². The summed E-state index contributed by atoms with van der Waals surface area (Å²) in [6, 6.07) is 2.00. The summed E-state index contributed by atoms with van der Waals surface area (Å²) >= 11 is 0. The lowest BCUT2D eigenvalue weighted by atomic mass is 10.3. The second kappa shape index (κ2) is 8.75. The Morgan fingerprint density at radius 3 is 2.78 bits per heavy atom. The molecule has 0 unspecified atom stereocenters. The molecular weight excluding hydrogens is 228 g/mol. The van der Waals surface area contributed by atoms with Crippen LogP contribution in [0, 0.1) is 6.92 Å². The molecule has 0 bridgehead atoms. The summed E-state index contributed by atoms with van der Waals surface area (Å²) < 4.78 is 10.8. The monoisotopic (exact) mass is 252 g/mol. The Morgan fingerprint density at radius 1 is 1.28 bits per heavy atom. The number of nitrogens with one attached hydrogen (secondary N) is 1. The first-order chi connectivity index (χ1) is 8.77. The molecule has 0 aliphatic heterocycles. The first-order valence-electron chi connectivity index (χ1n) is 6.60. The number of aryl methyl sites for hydroxylation is 1. The van der Waals surface area contributed by atoms with Gasteiger partial charge in [0, 0.05) is 25.5 Å². The van der Waals surface area contributed by atoms with E-state index < -0.39 is 0 Å². The third-order valence-corrected chi connectivity index (χ3v) is 2.65. The predicted molar refractivity (Wildman–Crippen MR) is 74.4 cm³/mol. The molecule has 1 heterocycles. The zero-order valence-corrected chi connectivity index (χ0v) is 11.7. The van der Waals surface area contributed by atoms with E-state index in [0.29, 0.717) is 0 Å². The average Bonchev–Trinajstić information content (AvgIpc) is 2.38. The molecule has 0 fully saturated rings. The molecule has 0 aromatic carbocycles. The van der Waals surface area contributed by atoms with Crippen molar-refractivity contribution in [3.63, 3.8) is 0 Å². The van der Waals surface area contributed by atoms with Crippen LogP contribution in [0.2, 0.25) is 0 Å². The number of methoxy groups -OCH3 is 1. The molecule has 0 spiro atoms. The largest absolute Gasteiger partial charge is 0.493 e. The Kier molecular flexibility index (Phi) is 7.18. The van der Waals surface area contributed by atoms with Gasteiger partial charge in [0.05, 0.1) is 19.0 Å². The standard InChI is InChI=1S/C14H24N2O2/c1-4-5-8-18-9-6-7-15-13-10-12(2)16-11-14(13)17-3/h10-11H,4-9H2,1-3H3,(H,15,16). The van der Waals surface area contributed by atoms with Gasteiger partial charge in [-0.15, -0.1) is 0 Å². The summed E-state index contributed by atoms with van der Waals surface area (Å²) in [5, 5.41) is 3.35. The average molecular weight is 252 g/mol. The Morgan fingerprint density at radius 2 is 2.06 bits per heavy atom. The van der Waals surface area contributed by atoms with Gasteiger partial charge in [-0.1, -0.05) is 13.3 Å². The van der Waals surface area contributed by atoms with Crippen LogP contribution in [0.3, 0.4) is 0 Å². The van der Waals surface area contributed by atoms with E-state index in [-0.39, 0.29) is 0 Å². The van der Waals surface area contributed by atoms with Crippen LogP contribution in [0.5, 0.6) is 5.75 Å². The molecule has 0 radical (unpaired) electrons. The molecule has 0 aliphatic carbocycles. The van der Waals surface area contributed by atoms with E-state index in [1.165, 1.54) is 6.42 Å². The zero-order chi connectivity index (χ0) is 13.2. The van der Waals surface area contributed by atoms with Crippen molar-refractivity contribution in [2.45, 2.75) is 33.1 Å². The minimum atomic E-state index is 0.785. The van der Waals surface area contributed by atoms with E-state index in [4.69, 9.17) is 9.47 Å². The molecular formula is C14H24N2O2. The minimum Gasteiger partial charge on any atom is -0.493 e. The molecule has 0 aliphatic rings. The summed E-state index contributed by atoms with van der Waals surface area (Å²) in [5.41, 5.74) is 1.98. The fraction of sp³-hybridized carbons (Fsp3) is 0.643. The molecule has 0 atom stereocenters. The van der Waals surface area contributed by atoms with Crippen molar-refractivity contribution < 1.29 is 9.47 Å². The van der Waals surface area contributed by atoms with Crippen molar-refractivity contribution in [2.75, 3.05) is 32.2 Å². The predicted octanol–water partition coefficient (Wildman–Crippen LogP) is 3.02. The van der Waals surface area contributed by atoms with Crippen molar-refractivity contribution in [2.24, 2.45) is 0 Å². The van der Waals surface area contributed by atoms with Crippen molar-refractivity contribution in [3.8, 4) is 5.75 Å². The van der Waals surface area contributed by atoms with Gasteiger partial charge in [-0.05, 0) is 25.8 Å². The van der Waals surface area contributed by atoms with Crippen molar-refractivity contribution in [3.05, 3.63) is 18.0 Å². The van der Waals surface area contributed by atoms with Gasteiger partial charge in [0.25, 0.3) is 0 Å². The van der Waals surface area contributed by atoms with Gasteiger partial charge in [-0.25, -0.2) is 0 Å². The second-order valence-electron chi connectivity index (χ2n) is 4.27. The zero-order valence-electron chi connectivity index (χ0n) is 11.7. The van der Waals surface area contributed by atoms with E-state index in [2.05, 4.69) is 17.2 Å². The number of hydrogen-bond acceptors (Lipinski definition) is 4. The van der Waals surface area contributed by atoms with Crippen LogP contribution in [0.4, 0.5) is 5.69 Å².